The molecule has 3 heteroatoms. The van der Waals surface area contributed by atoms with Crippen molar-refractivity contribution in [2.75, 3.05) is 20.3 Å². The fourth-order valence-corrected chi connectivity index (χ4v) is 2.34. The van der Waals surface area contributed by atoms with Crippen molar-refractivity contribution in [3.05, 3.63) is 0 Å². The van der Waals surface area contributed by atoms with Crippen LogP contribution in [0.2, 0.25) is 0 Å². The largest absolute Gasteiger partial charge is 0.378 e. The molecule has 1 aliphatic heterocycles. The van der Waals surface area contributed by atoms with Gasteiger partial charge in [-0.25, -0.2) is 0 Å². The molecule has 0 aromatic heterocycles. The molecule has 0 spiro atoms. The number of hydrogen-bond donors (Lipinski definition) is 1. The van der Waals surface area contributed by atoms with Gasteiger partial charge in [-0.15, -0.1) is 0 Å². The lowest BCUT2D eigenvalue weighted by Crippen LogP contribution is -2.60. The van der Waals surface area contributed by atoms with Crippen LogP contribution < -0.4 is 5.73 Å². The monoisotopic (exact) mass is 157 g/mol. The highest BCUT2D eigenvalue weighted by Crippen LogP contribution is 2.48. The molecule has 1 aliphatic carbocycles. The minimum absolute atomic E-state index is 0.0405. The van der Waals surface area contributed by atoms with Crippen LogP contribution in [0.5, 0.6) is 0 Å². The van der Waals surface area contributed by atoms with E-state index in [1.807, 2.05) is 0 Å². The highest BCUT2D eigenvalue weighted by molar-refractivity contribution is 5.07. The standard InChI is InChI=1S/C8H15NO2/c1-10-8(5-9)4-7-6(8)2-3-11-7/h6-7H,2-5,9H2,1H3. The normalized spacial score (nSPS) is 48.5. The van der Waals surface area contributed by atoms with Crippen LogP contribution in [-0.2, 0) is 9.47 Å². The number of hydrogen-bond acceptors (Lipinski definition) is 3. The maximum atomic E-state index is 5.65. The summed E-state index contributed by atoms with van der Waals surface area (Å²) in [5, 5.41) is 0. The summed E-state index contributed by atoms with van der Waals surface area (Å²) < 4.78 is 10.9. The quantitative estimate of drug-likeness (QED) is 0.620. The van der Waals surface area contributed by atoms with E-state index in [0.717, 1.165) is 19.4 Å². The van der Waals surface area contributed by atoms with Gasteiger partial charge < -0.3 is 15.2 Å². The van der Waals surface area contributed by atoms with Crippen LogP contribution in [-0.4, -0.2) is 32.0 Å². The Morgan fingerprint density at radius 1 is 1.73 bits per heavy atom. The maximum absolute atomic E-state index is 5.65. The maximum Gasteiger partial charge on any atom is 0.0878 e. The first-order valence-electron chi connectivity index (χ1n) is 4.19. The minimum Gasteiger partial charge on any atom is -0.378 e. The molecule has 2 rings (SSSR count). The van der Waals surface area contributed by atoms with Crippen molar-refractivity contribution in [1.82, 2.24) is 0 Å². The molecule has 2 aliphatic rings. The lowest BCUT2D eigenvalue weighted by molar-refractivity contribution is -0.165. The summed E-state index contributed by atoms with van der Waals surface area (Å²) in [6, 6.07) is 0. The SMILES string of the molecule is COC1(CN)CC2OCCC21. The van der Waals surface area contributed by atoms with Crippen LogP contribution in [0.25, 0.3) is 0 Å². The molecule has 1 saturated heterocycles. The molecule has 0 aromatic rings. The molecule has 3 atom stereocenters. The van der Waals surface area contributed by atoms with Crippen LogP contribution in [0, 0.1) is 5.92 Å². The second-order valence-corrected chi connectivity index (χ2v) is 3.48. The lowest BCUT2D eigenvalue weighted by atomic mass is 9.66. The Morgan fingerprint density at radius 2 is 2.55 bits per heavy atom. The van der Waals surface area contributed by atoms with Gasteiger partial charge in [0.1, 0.15) is 0 Å². The van der Waals surface area contributed by atoms with Gasteiger partial charge in [0.15, 0.2) is 0 Å². The number of rotatable bonds is 2. The Bertz CT molecular complexity index is 156. The van der Waals surface area contributed by atoms with E-state index in [0.29, 0.717) is 18.6 Å². The topological polar surface area (TPSA) is 44.5 Å². The Hall–Kier alpha value is -0.120. The summed E-state index contributed by atoms with van der Waals surface area (Å²) in [5.41, 5.74) is 5.61. The minimum atomic E-state index is -0.0405. The Kier molecular flexibility index (Phi) is 1.67. The third kappa shape index (κ3) is 0.849. The predicted octanol–water partition coefficient (Wildman–Crippen LogP) is 0.139. The molecule has 1 saturated carbocycles. The average molecular weight is 157 g/mol. The van der Waals surface area contributed by atoms with Gasteiger partial charge in [0.05, 0.1) is 11.7 Å². The van der Waals surface area contributed by atoms with Gasteiger partial charge in [-0.2, -0.15) is 0 Å². The zero-order chi connectivity index (χ0) is 7.90. The van der Waals surface area contributed by atoms with Gasteiger partial charge in [0.2, 0.25) is 0 Å². The molecule has 0 aromatic carbocycles. The second-order valence-electron chi connectivity index (χ2n) is 3.48. The van der Waals surface area contributed by atoms with Crippen molar-refractivity contribution in [2.24, 2.45) is 11.7 Å². The highest BCUT2D eigenvalue weighted by atomic mass is 16.5. The fourth-order valence-electron chi connectivity index (χ4n) is 2.34. The van der Waals surface area contributed by atoms with Crippen molar-refractivity contribution in [1.29, 1.82) is 0 Å². The first-order valence-corrected chi connectivity index (χ1v) is 4.19. The summed E-state index contributed by atoms with van der Waals surface area (Å²) in [6.45, 7) is 1.52. The van der Waals surface area contributed by atoms with Crippen molar-refractivity contribution in [3.63, 3.8) is 0 Å². The number of nitrogens with two attached hydrogens (primary N) is 1. The van der Waals surface area contributed by atoms with Gasteiger partial charge in [-0.05, 0) is 6.42 Å². The first-order chi connectivity index (χ1) is 5.32. The number of methoxy groups -OCH3 is 1. The van der Waals surface area contributed by atoms with Gasteiger partial charge in [-0.3, -0.25) is 0 Å². The van der Waals surface area contributed by atoms with E-state index in [9.17, 15) is 0 Å². The molecule has 11 heavy (non-hydrogen) atoms. The van der Waals surface area contributed by atoms with Crippen LogP contribution in [0.1, 0.15) is 12.8 Å². The summed E-state index contributed by atoms with van der Waals surface area (Å²) in [6.07, 6.45) is 2.55. The smallest absolute Gasteiger partial charge is 0.0878 e. The van der Waals surface area contributed by atoms with Gasteiger partial charge in [-0.1, -0.05) is 0 Å². The Morgan fingerprint density at radius 3 is 3.09 bits per heavy atom. The van der Waals surface area contributed by atoms with Crippen LogP contribution in [0.3, 0.4) is 0 Å². The molecule has 1 heterocycles. The van der Waals surface area contributed by atoms with Crippen LogP contribution in [0.4, 0.5) is 0 Å². The number of ether oxygens (including phenoxy) is 2. The zero-order valence-corrected chi connectivity index (χ0v) is 6.88. The van der Waals surface area contributed by atoms with E-state index in [4.69, 9.17) is 15.2 Å². The first kappa shape index (κ1) is 7.53. The lowest BCUT2D eigenvalue weighted by Gasteiger charge is -2.49. The summed E-state index contributed by atoms with van der Waals surface area (Å²) in [4.78, 5) is 0. The molecular weight excluding hydrogens is 142 g/mol. The average Bonchev–Trinajstić information content (AvgIpc) is 2.37. The number of fused-ring (bicyclic) bond motifs is 1. The zero-order valence-electron chi connectivity index (χ0n) is 6.88. The van der Waals surface area contributed by atoms with Gasteiger partial charge >= 0.3 is 0 Å². The third-order valence-electron chi connectivity index (χ3n) is 3.18. The van der Waals surface area contributed by atoms with Gasteiger partial charge in [0.25, 0.3) is 0 Å². The summed E-state index contributed by atoms with van der Waals surface area (Å²) in [7, 11) is 1.75. The van der Waals surface area contributed by atoms with Crippen LogP contribution >= 0.6 is 0 Å². The molecule has 2 N–H and O–H groups in total. The second kappa shape index (κ2) is 2.44. The third-order valence-corrected chi connectivity index (χ3v) is 3.18. The van der Waals surface area contributed by atoms with E-state index < -0.39 is 0 Å². The predicted molar refractivity (Wildman–Crippen MR) is 41.3 cm³/mol. The van der Waals surface area contributed by atoms with Crippen molar-refractivity contribution in [3.8, 4) is 0 Å². The molecular formula is C8H15NO2. The van der Waals surface area contributed by atoms with Gasteiger partial charge in [0, 0.05) is 32.6 Å². The Labute approximate surface area is 66.8 Å². The fraction of sp³-hybridized carbons (Fsp3) is 1.00. The van der Waals surface area contributed by atoms with Crippen molar-refractivity contribution in [2.45, 2.75) is 24.5 Å². The molecule has 0 bridgehead atoms. The molecule has 0 amide bonds. The van der Waals surface area contributed by atoms with Crippen molar-refractivity contribution >= 4 is 0 Å². The van der Waals surface area contributed by atoms with E-state index in [1.54, 1.807) is 7.11 Å². The Balaban J connectivity index is 2.06. The molecule has 3 nitrogen and oxygen atoms in total. The van der Waals surface area contributed by atoms with E-state index in [-0.39, 0.29) is 5.60 Å². The summed E-state index contributed by atoms with van der Waals surface area (Å²) >= 11 is 0. The summed E-state index contributed by atoms with van der Waals surface area (Å²) in [5.74, 6) is 0.567. The van der Waals surface area contributed by atoms with Crippen molar-refractivity contribution < 1.29 is 9.47 Å². The van der Waals surface area contributed by atoms with E-state index >= 15 is 0 Å². The molecule has 0 radical (unpaired) electrons. The molecule has 64 valence electrons. The molecule has 2 fully saturated rings. The van der Waals surface area contributed by atoms with E-state index in [2.05, 4.69) is 0 Å². The molecule has 3 unspecified atom stereocenters. The highest BCUT2D eigenvalue weighted by Gasteiger charge is 2.56. The van der Waals surface area contributed by atoms with E-state index in [1.165, 1.54) is 0 Å². The van der Waals surface area contributed by atoms with Crippen LogP contribution in [0.15, 0.2) is 0 Å².